The lowest BCUT2D eigenvalue weighted by atomic mass is 10.2. The van der Waals surface area contributed by atoms with Crippen LogP contribution in [0.4, 0.5) is 0 Å². The Morgan fingerprint density at radius 2 is 2.11 bits per heavy atom. The van der Waals surface area contributed by atoms with Crippen LogP contribution in [0.5, 0.6) is 0 Å². The van der Waals surface area contributed by atoms with Crippen molar-refractivity contribution >= 4 is 44.5 Å². The number of thiophene rings is 2. The van der Waals surface area contributed by atoms with Crippen molar-refractivity contribution in [2.24, 2.45) is 0 Å². The predicted octanol–water partition coefficient (Wildman–Crippen LogP) is 4.94. The standard InChI is InChI=1S/C13H11ClN2S2/c1-3-8-4-9-11(14)15-12(16-13(9)18-8)10-6-17-5-7(10)2/h4-6H,3H2,1-2H3. The molecule has 0 aliphatic carbocycles. The Hall–Kier alpha value is -0.970. The zero-order valence-electron chi connectivity index (χ0n) is 10.0. The zero-order valence-corrected chi connectivity index (χ0v) is 12.4. The maximum absolute atomic E-state index is 6.26. The largest absolute Gasteiger partial charge is 0.217 e. The Morgan fingerprint density at radius 3 is 2.78 bits per heavy atom. The second-order valence-corrected chi connectivity index (χ2v) is 6.31. The minimum atomic E-state index is 0.552. The van der Waals surface area contributed by atoms with Gasteiger partial charge in [-0.05, 0) is 30.4 Å². The topological polar surface area (TPSA) is 25.8 Å². The molecule has 0 unspecified atom stereocenters. The van der Waals surface area contributed by atoms with Crippen LogP contribution < -0.4 is 0 Å². The van der Waals surface area contributed by atoms with Gasteiger partial charge in [-0.2, -0.15) is 11.3 Å². The van der Waals surface area contributed by atoms with Crippen LogP contribution in [0.2, 0.25) is 5.15 Å². The molecule has 3 heterocycles. The van der Waals surface area contributed by atoms with Crippen molar-refractivity contribution in [3.8, 4) is 11.4 Å². The first-order valence-corrected chi connectivity index (χ1v) is 7.82. The lowest BCUT2D eigenvalue weighted by Gasteiger charge is -2.00. The second-order valence-electron chi connectivity index (χ2n) is 4.09. The molecule has 0 fully saturated rings. The molecule has 5 heteroatoms. The number of hydrogen-bond acceptors (Lipinski definition) is 4. The molecule has 0 radical (unpaired) electrons. The number of fused-ring (bicyclic) bond motifs is 1. The average Bonchev–Trinajstić information content (AvgIpc) is 2.94. The van der Waals surface area contributed by atoms with E-state index in [4.69, 9.17) is 11.6 Å². The fourth-order valence-electron chi connectivity index (χ4n) is 1.82. The lowest BCUT2D eigenvalue weighted by Crippen LogP contribution is -1.89. The molecule has 3 aromatic heterocycles. The Morgan fingerprint density at radius 1 is 1.28 bits per heavy atom. The number of halogens is 1. The first-order valence-electron chi connectivity index (χ1n) is 5.68. The predicted molar refractivity (Wildman–Crippen MR) is 79.9 cm³/mol. The molecular formula is C13H11ClN2S2. The van der Waals surface area contributed by atoms with Crippen molar-refractivity contribution < 1.29 is 0 Å². The van der Waals surface area contributed by atoms with E-state index in [1.807, 2.05) is 0 Å². The molecule has 0 atom stereocenters. The van der Waals surface area contributed by atoms with E-state index in [1.54, 1.807) is 22.7 Å². The number of aryl methyl sites for hydroxylation is 2. The van der Waals surface area contributed by atoms with Crippen LogP contribution in [0.25, 0.3) is 21.6 Å². The molecule has 0 spiro atoms. The minimum Gasteiger partial charge on any atom is -0.217 e. The summed E-state index contributed by atoms with van der Waals surface area (Å²) in [5.74, 6) is 0.732. The van der Waals surface area contributed by atoms with Crippen LogP contribution in [0.1, 0.15) is 17.4 Å². The van der Waals surface area contributed by atoms with Crippen LogP contribution in [-0.4, -0.2) is 9.97 Å². The maximum Gasteiger partial charge on any atom is 0.163 e. The summed E-state index contributed by atoms with van der Waals surface area (Å²) in [6.45, 7) is 4.20. The third-order valence-corrected chi connectivity index (χ3v) is 5.16. The van der Waals surface area contributed by atoms with Gasteiger partial charge in [0.15, 0.2) is 5.82 Å². The van der Waals surface area contributed by atoms with Crippen LogP contribution in [0.3, 0.4) is 0 Å². The molecular weight excluding hydrogens is 284 g/mol. The number of aromatic nitrogens is 2. The van der Waals surface area contributed by atoms with E-state index in [0.717, 1.165) is 28.0 Å². The molecule has 0 amide bonds. The van der Waals surface area contributed by atoms with Gasteiger partial charge < -0.3 is 0 Å². The normalized spacial score (nSPS) is 11.3. The van der Waals surface area contributed by atoms with Gasteiger partial charge in [-0.3, -0.25) is 0 Å². The molecule has 0 bridgehead atoms. The number of hydrogen-bond donors (Lipinski definition) is 0. The van der Waals surface area contributed by atoms with Crippen LogP contribution in [0.15, 0.2) is 16.8 Å². The Kier molecular flexibility index (Phi) is 3.09. The molecule has 18 heavy (non-hydrogen) atoms. The van der Waals surface area contributed by atoms with E-state index in [9.17, 15) is 0 Å². The summed E-state index contributed by atoms with van der Waals surface area (Å²) in [4.78, 5) is 11.3. The van der Waals surface area contributed by atoms with Crippen molar-refractivity contribution in [1.82, 2.24) is 9.97 Å². The molecule has 0 N–H and O–H groups in total. The highest BCUT2D eigenvalue weighted by Crippen LogP contribution is 2.32. The van der Waals surface area contributed by atoms with Gasteiger partial charge in [0.2, 0.25) is 0 Å². The van der Waals surface area contributed by atoms with Crippen molar-refractivity contribution in [1.29, 1.82) is 0 Å². The van der Waals surface area contributed by atoms with E-state index in [2.05, 4.69) is 40.6 Å². The molecule has 2 nitrogen and oxygen atoms in total. The fraction of sp³-hybridized carbons (Fsp3) is 0.231. The van der Waals surface area contributed by atoms with Crippen molar-refractivity contribution in [3.63, 3.8) is 0 Å². The van der Waals surface area contributed by atoms with Gasteiger partial charge in [0.25, 0.3) is 0 Å². The fourth-order valence-corrected chi connectivity index (χ4v) is 3.89. The summed E-state index contributed by atoms with van der Waals surface area (Å²) in [6.07, 6.45) is 1.00. The molecule has 3 rings (SSSR count). The summed E-state index contributed by atoms with van der Waals surface area (Å²) >= 11 is 9.62. The molecule has 0 saturated heterocycles. The van der Waals surface area contributed by atoms with E-state index in [0.29, 0.717) is 5.15 Å². The third-order valence-electron chi connectivity index (χ3n) is 2.84. The summed E-state index contributed by atoms with van der Waals surface area (Å²) in [5.41, 5.74) is 2.28. The Bertz CT molecular complexity index is 715. The second kappa shape index (κ2) is 4.61. The summed E-state index contributed by atoms with van der Waals surface area (Å²) in [5, 5.41) is 5.69. The highest BCUT2D eigenvalue weighted by Gasteiger charge is 2.12. The Labute approximate surface area is 118 Å². The van der Waals surface area contributed by atoms with Gasteiger partial charge in [0.05, 0.1) is 0 Å². The van der Waals surface area contributed by atoms with Crippen LogP contribution in [0, 0.1) is 6.92 Å². The summed E-state index contributed by atoms with van der Waals surface area (Å²) in [7, 11) is 0. The summed E-state index contributed by atoms with van der Waals surface area (Å²) in [6, 6.07) is 2.09. The van der Waals surface area contributed by atoms with E-state index < -0.39 is 0 Å². The van der Waals surface area contributed by atoms with E-state index >= 15 is 0 Å². The third kappa shape index (κ3) is 1.94. The van der Waals surface area contributed by atoms with Gasteiger partial charge in [-0.25, -0.2) is 9.97 Å². The van der Waals surface area contributed by atoms with Crippen molar-refractivity contribution in [2.45, 2.75) is 20.3 Å². The number of nitrogens with zero attached hydrogens (tertiary/aromatic N) is 2. The zero-order chi connectivity index (χ0) is 12.7. The van der Waals surface area contributed by atoms with Crippen molar-refractivity contribution in [3.05, 3.63) is 32.4 Å². The quantitative estimate of drug-likeness (QED) is 0.625. The Balaban J connectivity index is 2.23. The monoisotopic (exact) mass is 294 g/mol. The average molecular weight is 295 g/mol. The molecule has 92 valence electrons. The highest BCUT2D eigenvalue weighted by molar-refractivity contribution is 7.18. The molecule has 0 aromatic carbocycles. The molecule has 0 aliphatic heterocycles. The van der Waals surface area contributed by atoms with Gasteiger partial charge in [-0.15, -0.1) is 11.3 Å². The van der Waals surface area contributed by atoms with Gasteiger partial charge in [0, 0.05) is 21.2 Å². The SMILES string of the molecule is CCc1cc2c(Cl)nc(-c3cscc3C)nc2s1. The first-order chi connectivity index (χ1) is 8.69. The lowest BCUT2D eigenvalue weighted by molar-refractivity contribution is 1.19. The molecule has 3 aromatic rings. The smallest absolute Gasteiger partial charge is 0.163 e. The van der Waals surface area contributed by atoms with E-state index in [1.165, 1.54) is 10.4 Å². The minimum absolute atomic E-state index is 0.552. The van der Waals surface area contributed by atoms with Gasteiger partial charge >= 0.3 is 0 Å². The molecule has 0 aliphatic rings. The first kappa shape index (κ1) is 12.1. The highest BCUT2D eigenvalue weighted by atomic mass is 35.5. The number of rotatable bonds is 2. The summed E-state index contributed by atoms with van der Waals surface area (Å²) < 4.78 is 0. The van der Waals surface area contributed by atoms with Crippen LogP contribution >= 0.6 is 34.3 Å². The molecule has 0 saturated carbocycles. The maximum atomic E-state index is 6.26. The van der Waals surface area contributed by atoms with Gasteiger partial charge in [0.1, 0.15) is 9.98 Å². The van der Waals surface area contributed by atoms with Gasteiger partial charge in [-0.1, -0.05) is 18.5 Å². The van der Waals surface area contributed by atoms with E-state index in [-0.39, 0.29) is 0 Å². The van der Waals surface area contributed by atoms with Crippen molar-refractivity contribution in [2.75, 3.05) is 0 Å². The van der Waals surface area contributed by atoms with Crippen LogP contribution in [-0.2, 0) is 6.42 Å².